The van der Waals surface area contributed by atoms with Crippen LogP contribution in [-0.2, 0) is 20.8 Å². The van der Waals surface area contributed by atoms with Gasteiger partial charge in [-0.1, -0.05) is 54.6 Å². The average molecular weight is 516 g/mol. The number of aliphatic hydroxyl groups is 1. The molecule has 3 aromatic rings. The minimum atomic E-state index is -0.771. The van der Waals surface area contributed by atoms with Gasteiger partial charge in [0.15, 0.2) is 0 Å². The molecule has 0 spiro atoms. The van der Waals surface area contributed by atoms with Crippen molar-refractivity contribution < 1.29 is 24.2 Å². The zero-order valence-electron chi connectivity index (χ0n) is 21.2. The Labute approximate surface area is 222 Å². The minimum Gasteiger partial charge on any atom is -0.389 e. The summed E-state index contributed by atoms with van der Waals surface area (Å²) in [5.74, 6) is -0.242. The van der Waals surface area contributed by atoms with Crippen molar-refractivity contribution in [2.24, 2.45) is 0 Å². The molecule has 4 atom stereocenters. The second-order valence-corrected chi connectivity index (χ2v) is 9.87. The molecule has 3 heterocycles. The first kappa shape index (κ1) is 26.0. The Morgan fingerprint density at radius 3 is 2.45 bits per heavy atom. The molecule has 0 aliphatic carbocycles. The Kier molecular flexibility index (Phi) is 8.43. The van der Waals surface area contributed by atoms with Crippen molar-refractivity contribution in [1.29, 1.82) is 0 Å². The third-order valence-corrected chi connectivity index (χ3v) is 7.13. The number of carbonyl (C=O) groups is 2. The molecule has 0 saturated carbocycles. The Balaban J connectivity index is 1.16. The molecule has 2 aromatic carbocycles. The number of nitrogens with zero attached hydrogens (tertiary/aromatic N) is 2. The van der Waals surface area contributed by atoms with Crippen LogP contribution in [0.5, 0.6) is 0 Å². The normalized spacial score (nSPS) is 23.6. The fourth-order valence-electron chi connectivity index (χ4n) is 5.16. The number of amides is 2. The van der Waals surface area contributed by atoms with Gasteiger partial charge in [-0.05, 0) is 41.7 Å². The summed E-state index contributed by atoms with van der Waals surface area (Å²) in [6, 6.07) is 21.4. The second kappa shape index (κ2) is 12.3. The molecule has 8 nitrogen and oxygen atoms in total. The second-order valence-electron chi connectivity index (χ2n) is 9.87. The maximum atomic E-state index is 13.3. The van der Waals surface area contributed by atoms with Gasteiger partial charge in [0.25, 0.3) is 5.91 Å². The quantitative estimate of drug-likeness (QED) is 0.523. The van der Waals surface area contributed by atoms with Crippen molar-refractivity contribution >= 4 is 11.8 Å². The summed E-state index contributed by atoms with van der Waals surface area (Å²) in [7, 11) is 0. The number of ether oxygens (including phenoxy) is 2. The van der Waals surface area contributed by atoms with Crippen molar-refractivity contribution in [3.8, 4) is 11.1 Å². The Morgan fingerprint density at radius 1 is 0.947 bits per heavy atom. The summed E-state index contributed by atoms with van der Waals surface area (Å²) < 4.78 is 12.0. The molecule has 2 amide bonds. The molecule has 1 aromatic heterocycles. The number of pyridine rings is 1. The molecule has 8 heteroatoms. The lowest BCUT2D eigenvalue weighted by atomic mass is 9.94. The number of nitrogens with one attached hydrogen (secondary N) is 1. The predicted molar refractivity (Wildman–Crippen MR) is 142 cm³/mol. The number of aliphatic hydroxyl groups excluding tert-OH is 1. The highest BCUT2D eigenvalue weighted by atomic mass is 16.5. The largest absolute Gasteiger partial charge is 0.389 e. The summed E-state index contributed by atoms with van der Waals surface area (Å²) in [5, 5.41) is 13.3. The number of benzene rings is 2. The molecule has 2 aliphatic rings. The molecule has 0 unspecified atom stereocenters. The topological polar surface area (TPSA) is 101 Å². The van der Waals surface area contributed by atoms with Gasteiger partial charge in [-0.15, -0.1) is 0 Å². The van der Waals surface area contributed by atoms with E-state index in [0.29, 0.717) is 24.9 Å². The number of aromatic nitrogens is 1. The molecular formula is C30H33N3O5. The molecule has 0 radical (unpaired) electrons. The SMILES string of the molecule is O=C(C[C@H]1CC[C@H]2[C@@H](COC[C@H](O)CN2C(=O)c2ccncc2)O1)NCc1ccc(-c2ccccc2)cc1. The van der Waals surface area contributed by atoms with Crippen molar-refractivity contribution in [2.45, 2.75) is 50.2 Å². The predicted octanol–water partition coefficient (Wildman–Crippen LogP) is 3.20. The van der Waals surface area contributed by atoms with Crippen LogP contribution in [-0.4, -0.2) is 70.9 Å². The van der Waals surface area contributed by atoms with Gasteiger partial charge in [-0.2, -0.15) is 0 Å². The van der Waals surface area contributed by atoms with E-state index in [1.54, 1.807) is 29.4 Å². The van der Waals surface area contributed by atoms with Gasteiger partial charge in [-0.3, -0.25) is 14.6 Å². The van der Waals surface area contributed by atoms with E-state index >= 15 is 0 Å². The molecule has 5 rings (SSSR count). The van der Waals surface area contributed by atoms with Crippen LogP contribution in [0.25, 0.3) is 11.1 Å². The zero-order chi connectivity index (χ0) is 26.3. The first-order chi connectivity index (χ1) is 18.6. The maximum absolute atomic E-state index is 13.3. The van der Waals surface area contributed by atoms with E-state index in [1.165, 1.54) is 0 Å². The van der Waals surface area contributed by atoms with Gasteiger partial charge in [0, 0.05) is 31.0 Å². The molecule has 2 aliphatic heterocycles. The maximum Gasteiger partial charge on any atom is 0.254 e. The number of β-amino-alcohol motifs (C(OH)–C–C–N with tert-alkyl or cyclic N) is 1. The van der Waals surface area contributed by atoms with Crippen molar-refractivity contribution in [1.82, 2.24) is 15.2 Å². The van der Waals surface area contributed by atoms with Crippen LogP contribution in [0.4, 0.5) is 0 Å². The molecular weight excluding hydrogens is 482 g/mol. The smallest absolute Gasteiger partial charge is 0.254 e. The van der Waals surface area contributed by atoms with Gasteiger partial charge in [-0.25, -0.2) is 0 Å². The summed E-state index contributed by atoms with van der Waals surface area (Å²) >= 11 is 0. The van der Waals surface area contributed by atoms with Gasteiger partial charge >= 0.3 is 0 Å². The molecule has 38 heavy (non-hydrogen) atoms. The standard InChI is InChI=1S/C30H33N3O5/c34-25-18-33(30(36)24-12-14-31-15-13-24)27-11-10-26(38-28(27)20-37-19-25)16-29(35)32-17-21-6-8-23(9-7-21)22-4-2-1-3-5-22/h1-9,12-15,25-28,34H,10-11,16-20H2,(H,32,35)/t25-,26-,27+,28-/m1/s1. The fourth-order valence-corrected chi connectivity index (χ4v) is 5.16. The summed E-state index contributed by atoms with van der Waals surface area (Å²) in [5.41, 5.74) is 3.84. The van der Waals surface area contributed by atoms with E-state index in [0.717, 1.165) is 16.7 Å². The van der Waals surface area contributed by atoms with Crippen LogP contribution in [0.3, 0.4) is 0 Å². The highest BCUT2D eigenvalue weighted by molar-refractivity contribution is 5.94. The summed E-state index contributed by atoms with van der Waals surface area (Å²) in [6.07, 6.45) is 3.30. The van der Waals surface area contributed by atoms with E-state index in [4.69, 9.17) is 9.47 Å². The van der Waals surface area contributed by atoms with Crippen LogP contribution >= 0.6 is 0 Å². The van der Waals surface area contributed by atoms with E-state index in [1.807, 2.05) is 30.3 Å². The van der Waals surface area contributed by atoms with Crippen molar-refractivity contribution in [2.75, 3.05) is 19.8 Å². The van der Waals surface area contributed by atoms with E-state index < -0.39 is 6.10 Å². The Bertz CT molecular complexity index is 1210. The average Bonchev–Trinajstić information content (AvgIpc) is 2.95. The Hall–Kier alpha value is -3.59. The van der Waals surface area contributed by atoms with Crippen LogP contribution in [0.2, 0.25) is 0 Å². The highest BCUT2D eigenvalue weighted by Gasteiger charge is 2.40. The number of rotatable bonds is 6. The zero-order valence-corrected chi connectivity index (χ0v) is 21.2. The third kappa shape index (κ3) is 6.45. The van der Waals surface area contributed by atoms with Crippen LogP contribution in [0.1, 0.15) is 35.2 Å². The molecule has 198 valence electrons. The third-order valence-electron chi connectivity index (χ3n) is 7.13. The highest BCUT2D eigenvalue weighted by Crippen LogP contribution is 2.29. The number of carbonyl (C=O) groups excluding carboxylic acids is 2. The summed E-state index contributed by atoms with van der Waals surface area (Å²) in [6.45, 7) is 0.996. The summed E-state index contributed by atoms with van der Waals surface area (Å²) in [4.78, 5) is 31.7. The van der Waals surface area contributed by atoms with E-state index in [-0.39, 0.29) is 56.2 Å². The van der Waals surface area contributed by atoms with Gasteiger partial charge in [0.05, 0.1) is 37.9 Å². The number of hydrogen-bond acceptors (Lipinski definition) is 6. The van der Waals surface area contributed by atoms with Gasteiger partial charge in [0.2, 0.25) is 5.91 Å². The van der Waals surface area contributed by atoms with Crippen LogP contribution < -0.4 is 5.32 Å². The number of fused-ring (bicyclic) bond motifs is 1. The number of hydrogen-bond donors (Lipinski definition) is 2. The first-order valence-corrected chi connectivity index (χ1v) is 13.1. The molecule has 2 N–H and O–H groups in total. The molecule has 0 bridgehead atoms. The van der Waals surface area contributed by atoms with E-state index in [9.17, 15) is 14.7 Å². The molecule has 2 saturated heterocycles. The fraction of sp³-hybridized carbons (Fsp3) is 0.367. The first-order valence-electron chi connectivity index (χ1n) is 13.1. The van der Waals surface area contributed by atoms with Gasteiger partial charge < -0.3 is 24.8 Å². The lowest BCUT2D eigenvalue weighted by molar-refractivity contribution is -0.151. The Morgan fingerprint density at radius 2 is 1.68 bits per heavy atom. The van der Waals surface area contributed by atoms with Gasteiger partial charge in [0.1, 0.15) is 6.10 Å². The van der Waals surface area contributed by atoms with E-state index in [2.05, 4.69) is 34.6 Å². The van der Waals surface area contributed by atoms with Crippen LogP contribution in [0.15, 0.2) is 79.1 Å². The lowest BCUT2D eigenvalue weighted by Gasteiger charge is -2.44. The van der Waals surface area contributed by atoms with Crippen molar-refractivity contribution in [3.63, 3.8) is 0 Å². The minimum absolute atomic E-state index is 0.0764. The molecule has 2 fully saturated rings. The van der Waals surface area contributed by atoms with Crippen LogP contribution in [0, 0.1) is 0 Å². The van der Waals surface area contributed by atoms with Crippen molar-refractivity contribution in [3.05, 3.63) is 90.3 Å². The monoisotopic (exact) mass is 515 g/mol. The lowest BCUT2D eigenvalue weighted by Crippen LogP contribution is -2.57.